The highest BCUT2D eigenvalue weighted by Crippen LogP contribution is 2.46. The zero-order valence-corrected chi connectivity index (χ0v) is 20.4. The van der Waals surface area contributed by atoms with Gasteiger partial charge in [0.05, 0.1) is 11.5 Å². The molecule has 3 N–H and O–H groups in total. The van der Waals surface area contributed by atoms with Crippen molar-refractivity contribution < 1.29 is 23.9 Å². The predicted molar refractivity (Wildman–Crippen MR) is 136 cm³/mol. The van der Waals surface area contributed by atoms with Crippen molar-refractivity contribution in [2.75, 3.05) is 10.6 Å². The van der Waals surface area contributed by atoms with Crippen LogP contribution in [-0.4, -0.2) is 28.3 Å². The molecule has 1 saturated carbocycles. The van der Waals surface area contributed by atoms with E-state index in [2.05, 4.69) is 10.6 Å². The summed E-state index contributed by atoms with van der Waals surface area (Å²) in [4.78, 5) is 40.6. The Kier molecular flexibility index (Phi) is 7.04. The molecule has 3 aromatic rings. The number of rotatable bonds is 5. The molecule has 36 heavy (non-hydrogen) atoms. The minimum Gasteiger partial charge on any atom is -0.389 e. The van der Waals surface area contributed by atoms with Crippen molar-refractivity contribution in [3.8, 4) is 0 Å². The van der Waals surface area contributed by atoms with Gasteiger partial charge in [0.1, 0.15) is 17.5 Å². The smallest absolute Gasteiger partial charge is 0.235 e. The van der Waals surface area contributed by atoms with Gasteiger partial charge in [-0.2, -0.15) is 0 Å². The van der Waals surface area contributed by atoms with Crippen molar-refractivity contribution in [1.82, 2.24) is 0 Å². The number of nitrogens with one attached hydrogen (secondary N) is 2. The molecule has 1 aliphatic carbocycles. The lowest BCUT2D eigenvalue weighted by atomic mass is 9.61. The molecule has 3 aromatic carbocycles. The highest BCUT2D eigenvalue weighted by Gasteiger charge is 2.56. The number of amides is 2. The van der Waals surface area contributed by atoms with Gasteiger partial charge in [-0.1, -0.05) is 48.5 Å². The maximum absolute atomic E-state index is 13.8. The van der Waals surface area contributed by atoms with Gasteiger partial charge in [-0.3, -0.25) is 14.4 Å². The molecule has 4 atom stereocenters. The second-order valence-electron chi connectivity index (χ2n) is 9.64. The van der Waals surface area contributed by atoms with Crippen LogP contribution in [0.5, 0.6) is 0 Å². The van der Waals surface area contributed by atoms with E-state index in [9.17, 15) is 23.9 Å². The van der Waals surface area contributed by atoms with Gasteiger partial charge < -0.3 is 15.7 Å². The standard InChI is InChI=1S/C29H29FN2O4/c1-17-8-4-6-10-21(17)31-27(34)25-23(33)16-29(3,36)26(24(25)19-12-14-20(30)15-13-19)28(35)32-22-11-7-5-9-18(22)2/h4-15,24-26,36H,16H2,1-3H3,(H,31,34)(H,32,35)/t24-,25-,26+,29-/m0/s1. The summed E-state index contributed by atoms with van der Waals surface area (Å²) in [5.74, 6) is -5.52. The van der Waals surface area contributed by atoms with E-state index in [-0.39, 0.29) is 6.42 Å². The number of anilines is 2. The summed E-state index contributed by atoms with van der Waals surface area (Å²) in [5.41, 5.74) is 1.43. The number of carbonyl (C=O) groups excluding carboxylic acids is 3. The third-order valence-electron chi connectivity index (χ3n) is 6.89. The molecule has 1 aliphatic rings. The number of aryl methyl sites for hydroxylation is 2. The van der Waals surface area contributed by atoms with E-state index in [1.807, 2.05) is 38.1 Å². The number of ketones is 1. The van der Waals surface area contributed by atoms with E-state index < -0.39 is 46.8 Å². The predicted octanol–water partition coefficient (Wildman–Crippen LogP) is 4.76. The molecule has 0 radical (unpaired) electrons. The Balaban J connectivity index is 1.78. The maximum Gasteiger partial charge on any atom is 0.235 e. The molecule has 0 bridgehead atoms. The zero-order valence-electron chi connectivity index (χ0n) is 20.4. The largest absolute Gasteiger partial charge is 0.389 e. The monoisotopic (exact) mass is 488 g/mol. The lowest BCUT2D eigenvalue weighted by Gasteiger charge is -2.44. The molecular formula is C29H29FN2O4. The number of hydrogen-bond donors (Lipinski definition) is 3. The Bertz CT molecular complexity index is 1300. The summed E-state index contributed by atoms with van der Waals surface area (Å²) in [7, 11) is 0. The molecule has 186 valence electrons. The lowest BCUT2D eigenvalue weighted by molar-refractivity contribution is -0.150. The van der Waals surface area contributed by atoms with Gasteiger partial charge in [0.15, 0.2) is 0 Å². The fraction of sp³-hybridized carbons (Fsp3) is 0.276. The first kappa shape index (κ1) is 25.3. The fourth-order valence-electron chi connectivity index (χ4n) is 5.02. The Morgan fingerprint density at radius 2 is 1.36 bits per heavy atom. The number of para-hydroxylation sites is 2. The molecule has 7 heteroatoms. The first-order valence-electron chi connectivity index (χ1n) is 11.8. The Labute approximate surface area is 209 Å². The molecular weight excluding hydrogens is 459 g/mol. The lowest BCUT2D eigenvalue weighted by Crippen LogP contribution is -2.56. The summed E-state index contributed by atoms with van der Waals surface area (Å²) in [6.07, 6.45) is -0.373. The van der Waals surface area contributed by atoms with Gasteiger partial charge in [0.25, 0.3) is 0 Å². The van der Waals surface area contributed by atoms with E-state index in [1.54, 1.807) is 24.3 Å². The molecule has 0 spiro atoms. The summed E-state index contributed by atoms with van der Waals surface area (Å²) in [6, 6.07) is 19.7. The second-order valence-corrected chi connectivity index (χ2v) is 9.64. The quantitative estimate of drug-likeness (QED) is 0.451. The van der Waals surface area contributed by atoms with Gasteiger partial charge in [0, 0.05) is 23.7 Å². The van der Waals surface area contributed by atoms with Crippen LogP contribution in [-0.2, 0) is 14.4 Å². The number of aliphatic hydroxyl groups is 1. The van der Waals surface area contributed by atoms with Crippen LogP contribution in [0, 0.1) is 31.5 Å². The van der Waals surface area contributed by atoms with Crippen LogP contribution in [0.2, 0.25) is 0 Å². The number of benzene rings is 3. The summed E-state index contributed by atoms with van der Waals surface area (Å²) < 4.78 is 13.8. The molecule has 0 unspecified atom stereocenters. The third kappa shape index (κ3) is 5.06. The van der Waals surface area contributed by atoms with Gasteiger partial charge >= 0.3 is 0 Å². The second kappa shape index (κ2) is 10.0. The number of hydrogen-bond acceptors (Lipinski definition) is 4. The number of Topliss-reactive ketones (excluding diaryl/α,β-unsaturated/α-hetero) is 1. The molecule has 0 aliphatic heterocycles. The van der Waals surface area contributed by atoms with Gasteiger partial charge in [0.2, 0.25) is 11.8 Å². The van der Waals surface area contributed by atoms with Gasteiger partial charge in [-0.15, -0.1) is 0 Å². The van der Waals surface area contributed by atoms with Crippen LogP contribution in [0.25, 0.3) is 0 Å². The molecule has 1 fully saturated rings. The molecule has 0 aromatic heterocycles. The molecule has 0 saturated heterocycles. The average Bonchev–Trinajstić information content (AvgIpc) is 2.81. The SMILES string of the molecule is Cc1ccccc1NC(=O)[C@H]1C(=O)C[C@](C)(O)[C@@H](C(=O)Nc2ccccc2C)[C@H]1c1ccc(F)cc1. The van der Waals surface area contributed by atoms with E-state index in [0.717, 1.165) is 11.1 Å². The maximum atomic E-state index is 13.8. The third-order valence-corrected chi connectivity index (χ3v) is 6.89. The van der Waals surface area contributed by atoms with Crippen LogP contribution >= 0.6 is 0 Å². The van der Waals surface area contributed by atoms with Crippen LogP contribution < -0.4 is 10.6 Å². The van der Waals surface area contributed by atoms with Crippen molar-refractivity contribution in [3.63, 3.8) is 0 Å². The van der Waals surface area contributed by atoms with Crippen LogP contribution in [0.1, 0.15) is 36.0 Å². The molecule has 2 amide bonds. The number of carbonyl (C=O) groups is 3. The minimum atomic E-state index is -1.73. The summed E-state index contributed by atoms with van der Waals surface area (Å²) in [5, 5.41) is 17.0. The normalized spacial score (nSPS) is 23.7. The number of halogens is 1. The Morgan fingerprint density at radius 3 is 1.89 bits per heavy atom. The van der Waals surface area contributed by atoms with Crippen molar-refractivity contribution in [1.29, 1.82) is 0 Å². The van der Waals surface area contributed by atoms with Crippen molar-refractivity contribution >= 4 is 29.0 Å². The Morgan fingerprint density at radius 1 is 0.861 bits per heavy atom. The van der Waals surface area contributed by atoms with E-state index >= 15 is 0 Å². The van der Waals surface area contributed by atoms with Crippen molar-refractivity contribution in [2.45, 2.75) is 38.7 Å². The van der Waals surface area contributed by atoms with E-state index in [1.165, 1.54) is 31.2 Å². The summed E-state index contributed by atoms with van der Waals surface area (Å²) in [6.45, 7) is 5.10. The highest BCUT2D eigenvalue weighted by molar-refractivity contribution is 6.10. The van der Waals surface area contributed by atoms with Crippen molar-refractivity contribution in [3.05, 3.63) is 95.3 Å². The average molecular weight is 489 g/mol. The zero-order chi connectivity index (χ0) is 26.0. The first-order valence-corrected chi connectivity index (χ1v) is 11.8. The fourth-order valence-corrected chi connectivity index (χ4v) is 5.02. The van der Waals surface area contributed by atoms with Gasteiger partial charge in [-0.05, 0) is 61.7 Å². The van der Waals surface area contributed by atoms with Crippen LogP contribution in [0.3, 0.4) is 0 Å². The van der Waals surface area contributed by atoms with Gasteiger partial charge in [-0.25, -0.2) is 4.39 Å². The van der Waals surface area contributed by atoms with E-state index in [0.29, 0.717) is 16.9 Å². The molecule has 4 rings (SSSR count). The Hall–Kier alpha value is -3.84. The highest BCUT2D eigenvalue weighted by atomic mass is 19.1. The first-order chi connectivity index (χ1) is 17.1. The minimum absolute atomic E-state index is 0.373. The van der Waals surface area contributed by atoms with Crippen molar-refractivity contribution in [2.24, 2.45) is 11.8 Å². The van der Waals surface area contributed by atoms with E-state index in [4.69, 9.17) is 0 Å². The van der Waals surface area contributed by atoms with Crippen LogP contribution in [0.15, 0.2) is 72.8 Å². The van der Waals surface area contributed by atoms with Crippen LogP contribution in [0.4, 0.5) is 15.8 Å². The molecule has 0 heterocycles. The summed E-state index contributed by atoms with van der Waals surface area (Å²) >= 11 is 0. The molecule has 6 nitrogen and oxygen atoms in total. The topological polar surface area (TPSA) is 95.5 Å².